The Kier molecular flexibility index (Phi) is 6.56. The van der Waals surface area contributed by atoms with Crippen LogP contribution < -0.4 is 10.6 Å². The van der Waals surface area contributed by atoms with E-state index < -0.39 is 17.7 Å². The van der Waals surface area contributed by atoms with Gasteiger partial charge in [-0.2, -0.15) is 0 Å². The lowest BCUT2D eigenvalue weighted by Crippen LogP contribution is -2.27. The molecular formula is C20H26N4O4. The topological polar surface area (TPSA) is 102 Å². The van der Waals surface area contributed by atoms with Gasteiger partial charge in [0.2, 0.25) is 0 Å². The standard InChI is InChI=1S/C20H26N4O4/c1-12-7-8-14(9-13(12)2)11-21-15-10-16(22-19(26)28-20(3,4)5)23-24-17(15)18(25)27-6/h7-10H,11H2,1-6H3,(H2,21,22,23,26). The van der Waals surface area contributed by atoms with Crippen LogP contribution in [0.15, 0.2) is 24.3 Å². The fraction of sp³-hybridized carbons (Fsp3) is 0.400. The molecule has 0 saturated carbocycles. The highest BCUT2D eigenvalue weighted by molar-refractivity contribution is 5.94. The highest BCUT2D eigenvalue weighted by Gasteiger charge is 2.19. The van der Waals surface area contributed by atoms with Crippen LogP contribution in [0.1, 0.15) is 48.0 Å². The third kappa shape index (κ3) is 5.94. The second-order valence-corrected chi connectivity index (χ2v) is 7.38. The number of methoxy groups -OCH3 is 1. The van der Waals surface area contributed by atoms with Gasteiger partial charge in [0.25, 0.3) is 0 Å². The molecule has 150 valence electrons. The number of benzene rings is 1. The fourth-order valence-electron chi connectivity index (χ4n) is 2.35. The zero-order chi connectivity index (χ0) is 20.9. The molecule has 2 rings (SSSR count). The third-order valence-corrected chi connectivity index (χ3v) is 3.86. The number of hydrogen-bond acceptors (Lipinski definition) is 7. The second-order valence-electron chi connectivity index (χ2n) is 7.38. The van der Waals surface area contributed by atoms with Gasteiger partial charge in [-0.3, -0.25) is 5.32 Å². The number of rotatable bonds is 5. The van der Waals surface area contributed by atoms with Crippen molar-refractivity contribution >= 4 is 23.6 Å². The molecule has 0 spiro atoms. The number of hydrogen-bond donors (Lipinski definition) is 2. The predicted molar refractivity (Wildman–Crippen MR) is 106 cm³/mol. The number of nitrogens with one attached hydrogen (secondary N) is 2. The molecule has 0 unspecified atom stereocenters. The van der Waals surface area contributed by atoms with Crippen LogP contribution in [0.3, 0.4) is 0 Å². The molecule has 0 fully saturated rings. The zero-order valence-electron chi connectivity index (χ0n) is 17.0. The first-order valence-corrected chi connectivity index (χ1v) is 8.85. The van der Waals surface area contributed by atoms with Crippen LogP contribution in [0.4, 0.5) is 16.3 Å². The second kappa shape index (κ2) is 8.69. The van der Waals surface area contributed by atoms with Crippen LogP contribution in [0.2, 0.25) is 0 Å². The Labute approximate surface area is 164 Å². The lowest BCUT2D eigenvalue weighted by atomic mass is 10.1. The molecular weight excluding hydrogens is 360 g/mol. The first kappa shape index (κ1) is 21.1. The molecule has 0 atom stereocenters. The summed E-state index contributed by atoms with van der Waals surface area (Å²) in [6.45, 7) is 9.82. The molecule has 28 heavy (non-hydrogen) atoms. The molecule has 1 heterocycles. The van der Waals surface area contributed by atoms with E-state index >= 15 is 0 Å². The highest BCUT2D eigenvalue weighted by Crippen LogP contribution is 2.20. The lowest BCUT2D eigenvalue weighted by molar-refractivity contribution is 0.0593. The van der Waals surface area contributed by atoms with Crippen LogP contribution >= 0.6 is 0 Å². The lowest BCUT2D eigenvalue weighted by Gasteiger charge is -2.19. The van der Waals surface area contributed by atoms with E-state index in [0.717, 1.165) is 5.56 Å². The van der Waals surface area contributed by atoms with Crippen molar-refractivity contribution in [2.24, 2.45) is 0 Å². The van der Waals surface area contributed by atoms with Gasteiger partial charge in [0.05, 0.1) is 12.8 Å². The van der Waals surface area contributed by atoms with Crippen LogP contribution in [0.5, 0.6) is 0 Å². The molecule has 0 radical (unpaired) electrons. The van der Waals surface area contributed by atoms with Crippen molar-refractivity contribution in [1.82, 2.24) is 10.2 Å². The highest BCUT2D eigenvalue weighted by atomic mass is 16.6. The Bertz CT molecular complexity index is 875. The summed E-state index contributed by atoms with van der Waals surface area (Å²) in [5.41, 5.74) is 3.19. The van der Waals surface area contributed by atoms with Crippen LogP contribution in [0.25, 0.3) is 0 Å². The molecule has 8 nitrogen and oxygen atoms in total. The summed E-state index contributed by atoms with van der Waals surface area (Å²) < 4.78 is 9.96. The van der Waals surface area contributed by atoms with Crippen LogP contribution in [-0.4, -0.2) is 35.0 Å². The summed E-state index contributed by atoms with van der Waals surface area (Å²) in [5.74, 6) is -0.469. The van der Waals surface area contributed by atoms with E-state index in [9.17, 15) is 9.59 Å². The maximum atomic E-state index is 12.0. The average Bonchev–Trinajstić information content (AvgIpc) is 2.60. The van der Waals surface area contributed by atoms with Gasteiger partial charge in [0.1, 0.15) is 5.60 Å². The van der Waals surface area contributed by atoms with E-state index in [1.807, 2.05) is 26.0 Å². The summed E-state index contributed by atoms with van der Waals surface area (Å²) >= 11 is 0. The van der Waals surface area contributed by atoms with Gasteiger partial charge in [-0.15, -0.1) is 10.2 Å². The summed E-state index contributed by atoms with van der Waals surface area (Å²) in [7, 11) is 1.27. The Balaban J connectivity index is 2.22. The fourth-order valence-corrected chi connectivity index (χ4v) is 2.35. The van der Waals surface area contributed by atoms with Gasteiger partial charge in [0.15, 0.2) is 11.5 Å². The average molecular weight is 386 g/mol. The van der Waals surface area contributed by atoms with Gasteiger partial charge in [0, 0.05) is 12.6 Å². The quantitative estimate of drug-likeness (QED) is 0.753. The molecule has 0 aliphatic carbocycles. The molecule has 1 amide bonds. The largest absolute Gasteiger partial charge is 0.464 e. The minimum absolute atomic E-state index is 0.0288. The molecule has 0 aliphatic rings. The molecule has 2 aromatic rings. The molecule has 0 saturated heterocycles. The number of carbonyl (C=O) groups excluding carboxylic acids is 2. The Morgan fingerprint density at radius 1 is 1.07 bits per heavy atom. The smallest absolute Gasteiger partial charge is 0.413 e. The zero-order valence-corrected chi connectivity index (χ0v) is 17.0. The minimum Gasteiger partial charge on any atom is -0.464 e. The molecule has 1 aromatic carbocycles. The maximum absolute atomic E-state index is 12.0. The third-order valence-electron chi connectivity index (χ3n) is 3.86. The molecule has 0 bridgehead atoms. The first-order valence-electron chi connectivity index (χ1n) is 8.85. The molecule has 1 aromatic heterocycles. The van der Waals surface area contributed by atoms with Gasteiger partial charge in [-0.25, -0.2) is 9.59 Å². The maximum Gasteiger partial charge on any atom is 0.413 e. The summed E-state index contributed by atoms with van der Waals surface area (Å²) in [5, 5.41) is 13.4. The molecule has 2 N–H and O–H groups in total. The van der Waals surface area contributed by atoms with Crippen LogP contribution in [-0.2, 0) is 16.0 Å². The monoisotopic (exact) mass is 386 g/mol. The Morgan fingerprint density at radius 3 is 2.39 bits per heavy atom. The van der Waals surface area contributed by atoms with Crippen molar-refractivity contribution in [3.8, 4) is 0 Å². The molecule has 8 heteroatoms. The van der Waals surface area contributed by atoms with Crippen molar-refractivity contribution in [1.29, 1.82) is 0 Å². The molecule has 0 aliphatic heterocycles. The van der Waals surface area contributed by atoms with Gasteiger partial charge >= 0.3 is 12.1 Å². The van der Waals surface area contributed by atoms with Crippen molar-refractivity contribution in [3.05, 3.63) is 46.6 Å². The Morgan fingerprint density at radius 2 is 1.79 bits per heavy atom. The van der Waals surface area contributed by atoms with Crippen LogP contribution in [0, 0.1) is 13.8 Å². The normalized spacial score (nSPS) is 10.9. The van der Waals surface area contributed by atoms with Crippen molar-refractivity contribution in [2.75, 3.05) is 17.7 Å². The van der Waals surface area contributed by atoms with E-state index in [-0.39, 0.29) is 11.5 Å². The number of anilines is 2. The summed E-state index contributed by atoms with van der Waals surface area (Å²) in [4.78, 5) is 23.9. The van der Waals surface area contributed by atoms with Gasteiger partial charge in [-0.05, 0) is 51.3 Å². The minimum atomic E-state index is -0.660. The number of nitrogens with zero attached hydrogens (tertiary/aromatic N) is 2. The van der Waals surface area contributed by atoms with Crippen molar-refractivity contribution < 1.29 is 19.1 Å². The number of amides is 1. The Hall–Kier alpha value is -3.16. The number of aryl methyl sites for hydroxylation is 2. The first-order chi connectivity index (χ1) is 13.1. The number of carbonyl (C=O) groups is 2. The van der Waals surface area contributed by atoms with Gasteiger partial charge < -0.3 is 14.8 Å². The SMILES string of the molecule is COC(=O)c1nnc(NC(=O)OC(C)(C)C)cc1NCc1ccc(C)c(C)c1. The summed E-state index contributed by atoms with van der Waals surface area (Å²) in [6.07, 6.45) is -0.660. The van der Waals surface area contributed by atoms with E-state index in [2.05, 4.69) is 26.9 Å². The number of aromatic nitrogens is 2. The van der Waals surface area contributed by atoms with E-state index in [0.29, 0.717) is 12.2 Å². The van der Waals surface area contributed by atoms with Crippen molar-refractivity contribution in [3.63, 3.8) is 0 Å². The van der Waals surface area contributed by atoms with Gasteiger partial charge in [-0.1, -0.05) is 18.2 Å². The van der Waals surface area contributed by atoms with E-state index in [1.54, 1.807) is 20.8 Å². The van der Waals surface area contributed by atoms with E-state index in [1.165, 1.54) is 24.3 Å². The summed E-state index contributed by atoms with van der Waals surface area (Å²) in [6, 6.07) is 7.62. The van der Waals surface area contributed by atoms with E-state index in [4.69, 9.17) is 9.47 Å². The number of ether oxygens (including phenoxy) is 2. The van der Waals surface area contributed by atoms with Crippen molar-refractivity contribution in [2.45, 2.75) is 46.8 Å². The predicted octanol–water partition coefficient (Wildman–Crippen LogP) is 3.84. The number of esters is 1.